The normalized spacial score (nSPS) is 11.1. The highest BCUT2D eigenvalue weighted by Crippen LogP contribution is 2.31. The predicted molar refractivity (Wildman–Crippen MR) is 89.8 cm³/mol. The second-order valence-corrected chi connectivity index (χ2v) is 5.85. The van der Waals surface area contributed by atoms with E-state index in [0.29, 0.717) is 12.5 Å². The molecule has 21 heavy (non-hydrogen) atoms. The number of aryl methyl sites for hydroxylation is 1. The van der Waals surface area contributed by atoms with Crippen molar-refractivity contribution in [3.8, 4) is 5.75 Å². The average Bonchev–Trinajstić information content (AvgIpc) is 2.44. The highest BCUT2D eigenvalue weighted by atomic mass is 35.5. The van der Waals surface area contributed by atoms with Gasteiger partial charge in [-0.2, -0.15) is 0 Å². The zero-order chi connectivity index (χ0) is 15.7. The van der Waals surface area contributed by atoms with Gasteiger partial charge in [-0.25, -0.2) is 0 Å². The molecule has 1 rings (SSSR count). The van der Waals surface area contributed by atoms with Crippen LogP contribution in [0.4, 0.5) is 0 Å². The molecule has 0 aliphatic rings. The molecule has 0 amide bonds. The molecule has 0 aliphatic carbocycles. The standard InChI is InChI=1S/C17H28ClNO2/c1-5-20-9-6-7-19-8-10-21-17-11-14(4)16(18)12-15(17)13(2)3/h11-13,19H,5-10H2,1-4H3. The lowest BCUT2D eigenvalue weighted by Crippen LogP contribution is -2.23. The summed E-state index contributed by atoms with van der Waals surface area (Å²) in [5.74, 6) is 1.35. The maximum atomic E-state index is 6.19. The molecule has 0 atom stereocenters. The summed E-state index contributed by atoms with van der Waals surface area (Å²) in [5.41, 5.74) is 2.22. The van der Waals surface area contributed by atoms with Crippen molar-refractivity contribution >= 4 is 11.6 Å². The van der Waals surface area contributed by atoms with Crippen molar-refractivity contribution in [2.75, 3.05) is 32.9 Å². The molecule has 0 bridgehead atoms. The summed E-state index contributed by atoms with van der Waals surface area (Å²) in [7, 11) is 0. The molecule has 4 heteroatoms. The number of benzene rings is 1. The summed E-state index contributed by atoms with van der Waals surface area (Å²) < 4.78 is 11.2. The topological polar surface area (TPSA) is 30.5 Å². The van der Waals surface area contributed by atoms with Gasteiger partial charge in [-0.05, 0) is 56.0 Å². The third-order valence-corrected chi connectivity index (χ3v) is 3.70. The second kappa shape index (κ2) is 10.0. The van der Waals surface area contributed by atoms with E-state index in [1.54, 1.807) is 0 Å². The second-order valence-electron chi connectivity index (χ2n) is 5.44. The van der Waals surface area contributed by atoms with Crippen LogP contribution in [0.5, 0.6) is 5.75 Å². The Morgan fingerprint density at radius 2 is 1.95 bits per heavy atom. The minimum absolute atomic E-state index is 0.400. The molecule has 0 fully saturated rings. The Morgan fingerprint density at radius 1 is 1.19 bits per heavy atom. The maximum absolute atomic E-state index is 6.19. The van der Waals surface area contributed by atoms with E-state index in [-0.39, 0.29) is 0 Å². The predicted octanol–water partition coefficient (Wildman–Crippen LogP) is 4.17. The van der Waals surface area contributed by atoms with Crippen molar-refractivity contribution in [1.82, 2.24) is 5.32 Å². The van der Waals surface area contributed by atoms with Gasteiger partial charge in [0.05, 0.1) is 0 Å². The van der Waals surface area contributed by atoms with Crippen LogP contribution in [0.15, 0.2) is 12.1 Å². The molecule has 0 unspecified atom stereocenters. The van der Waals surface area contributed by atoms with Gasteiger partial charge >= 0.3 is 0 Å². The SMILES string of the molecule is CCOCCCNCCOc1cc(C)c(Cl)cc1C(C)C. The third kappa shape index (κ3) is 6.68. The lowest BCUT2D eigenvalue weighted by molar-refractivity contribution is 0.144. The smallest absolute Gasteiger partial charge is 0.123 e. The van der Waals surface area contributed by atoms with Gasteiger partial charge in [-0.3, -0.25) is 0 Å². The van der Waals surface area contributed by atoms with Crippen LogP contribution < -0.4 is 10.1 Å². The minimum Gasteiger partial charge on any atom is -0.492 e. The van der Waals surface area contributed by atoms with E-state index in [4.69, 9.17) is 21.1 Å². The summed E-state index contributed by atoms with van der Waals surface area (Å²) in [5, 5.41) is 4.16. The number of hydrogen-bond donors (Lipinski definition) is 1. The molecule has 0 aromatic heterocycles. The maximum Gasteiger partial charge on any atom is 0.123 e. The molecule has 120 valence electrons. The van der Waals surface area contributed by atoms with E-state index >= 15 is 0 Å². The first-order chi connectivity index (χ1) is 10.1. The highest BCUT2D eigenvalue weighted by Gasteiger charge is 2.10. The zero-order valence-electron chi connectivity index (χ0n) is 13.7. The molecule has 1 N–H and O–H groups in total. The van der Waals surface area contributed by atoms with Crippen LogP contribution in [0, 0.1) is 6.92 Å². The summed E-state index contributed by atoms with van der Waals surface area (Å²) in [6, 6.07) is 4.05. The van der Waals surface area contributed by atoms with Crippen LogP contribution in [0.3, 0.4) is 0 Å². The summed E-state index contributed by atoms with van der Waals surface area (Å²) in [4.78, 5) is 0. The van der Waals surface area contributed by atoms with Gasteiger partial charge < -0.3 is 14.8 Å². The van der Waals surface area contributed by atoms with Gasteiger partial charge in [0.15, 0.2) is 0 Å². The van der Waals surface area contributed by atoms with Crippen molar-refractivity contribution in [2.45, 2.75) is 40.0 Å². The Bertz CT molecular complexity index is 421. The molecular formula is C17H28ClNO2. The number of hydrogen-bond acceptors (Lipinski definition) is 3. The summed E-state index contributed by atoms with van der Waals surface area (Å²) in [6.07, 6.45) is 1.03. The highest BCUT2D eigenvalue weighted by molar-refractivity contribution is 6.31. The Balaban J connectivity index is 2.36. The number of ether oxygens (including phenoxy) is 2. The summed E-state index contributed by atoms with van der Waals surface area (Å²) >= 11 is 6.19. The van der Waals surface area contributed by atoms with E-state index in [0.717, 1.165) is 49.1 Å². The quantitative estimate of drug-likeness (QED) is 0.658. The monoisotopic (exact) mass is 313 g/mol. The van der Waals surface area contributed by atoms with E-state index in [2.05, 4.69) is 19.2 Å². The number of rotatable bonds is 10. The van der Waals surface area contributed by atoms with Crippen molar-refractivity contribution < 1.29 is 9.47 Å². The molecule has 3 nitrogen and oxygen atoms in total. The minimum atomic E-state index is 0.400. The van der Waals surface area contributed by atoms with Crippen LogP contribution in [0.25, 0.3) is 0 Å². The zero-order valence-corrected chi connectivity index (χ0v) is 14.4. The average molecular weight is 314 g/mol. The van der Waals surface area contributed by atoms with Gasteiger partial charge in [0.25, 0.3) is 0 Å². The van der Waals surface area contributed by atoms with Gasteiger partial charge in [0.1, 0.15) is 12.4 Å². The van der Waals surface area contributed by atoms with Gasteiger partial charge in [0.2, 0.25) is 0 Å². The van der Waals surface area contributed by atoms with E-state index in [1.165, 1.54) is 5.56 Å². The van der Waals surface area contributed by atoms with Gasteiger partial charge in [0, 0.05) is 24.8 Å². The fourth-order valence-electron chi connectivity index (χ4n) is 2.05. The Kier molecular flexibility index (Phi) is 8.74. The van der Waals surface area contributed by atoms with E-state index in [1.807, 2.05) is 26.0 Å². The lowest BCUT2D eigenvalue weighted by Gasteiger charge is -2.16. The van der Waals surface area contributed by atoms with Crippen LogP contribution in [-0.4, -0.2) is 32.9 Å². The lowest BCUT2D eigenvalue weighted by atomic mass is 10.0. The van der Waals surface area contributed by atoms with Crippen LogP contribution in [0.2, 0.25) is 5.02 Å². The largest absolute Gasteiger partial charge is 0.492 e. The van der Waals surface area contributed by atoms with Crippen molar-refractivity contribution in [2.24, 2.45) is 0 Å². The van der Waals surface area contributed by atoms with Gasteiger partial charge in [-0.1, -0.05) is 25.4 Å². The molecular weight excluding hydrogens is 286 g/mol. The fourth-order valence-corrected chi connectivity index (χ4v) is 2.22. The molecule has 0 saturated carbocycles. The molecule has 0 heterocycles. The Morgan fingerprint density at radius 3 is 2.62 bits per heavy atom. The first-order valence-corrected chi connectivity index (χ1v) is 8.15. The number of halogens is 1. The van der Waals surface area contributed by atoms with Crippen LogP contribution in [-0.2, 0) is 4.74 Å². The first kappa shape index (κ1) is 18.3. The molecule has 1 aromatic carbocycles. The van der Waals surface area contributed by atoms with Gasteiger partial charge in [-0.15, -0.1) is 0 Å². The van der Waals surface area contributed by atoms with Crippen molar-refractivity contribution in [1.29, 1.82) is 0 Å². The molecule has 1 aromatic rings. The molecule has 0 spiro atoms. The van der Waals surface area contributed by atoms with Crippen LogP contribution >= 0.6 is 11.6 Å². The molecule has 0 saturated heterocycles. The van der Waals surface area contributed by atoms with Crippen molar-refractivity contribution in [3.05, 3.63) is 28.3 Å². The Labute approximate surface area is 134 Å². The van der Waals surface area contributed by atoms with Crippen LogP contribution in [0.1, 0.15) is 44.2 Å². The third-order valence-electron chi connectivity index (χ3n) is 3.30. The van der Waals surface area contributed by atoms with E-state index < -0.39 is 0 Å². The number of nitrogens with one attached hydrogen (secondary N) is 1. The first-order valence-electron chi connectivity index (χ1n) is 7.77. The van der Waals surface area contributed by atoms with E-state index in [9.17, 15) is 0 Å². The van der Waals surface area contributed by atoms with Crippen molar-refractivity contribution in [3.63, 3.8) is 0 Å². The fraction of sp³-hybridized carbons (Fsp3) is 0.647. The summed E-state index contributed by atoms with van der Waals surface area (Å²) in [6.45, 7) is 12.4. The molecule has 0 aliphatic heterocycles. The molecule has 0 radical (unpaired) electrons. The Hall–Kier alpha value is -0.770.